The van der Waals surface area contributed by atoms with Crippen LogP contribution in [0.5, 0.6) is 5.75 Å². The number of rotatable bonds is 2. The third kappa shape index (κ3) is 1.48. The number of phenols is 1. The molecule has 3 nitrogen and oxygen atoms in total. The van der Waals surface area contributed by atoms with Crippen molar-refractivity contribution in [3.63, 3.8) is 0 Å². The van der Waals surface area contributed by atoms with Crippen LogP contribution in [0.25, 0.3) is 10.9 Å². The van der Waals surface area contributed by atoms with E-state index in [2.05, 4.69) is 0 Å². The van der Waals surface area contributed by atoms with Gasteiger partial charge in [0.15, 0.2) is 5.78 Å². The number of hydrogen-bond donors (Lipinski definition) is 1. The van der Waals surface area contributed by atoms with Crippen molar-refractivity contribution >= 4 is 16.7 Å². The van der Waals surface area contributed by atoms with Crippen LogP contribution >= 0.6 is 0 Å². The molecule has 0 aliphatic carbocycles. The second kappa shape index (κ2) is 3.67. The molecule has 1 heterocycles. The molecule has 1 N–H and O–H groups in total. The summed E-state index contributed by atoms with van der Waals surface area (Å²) in [6, 6.07) is 5.58. The molecule has 0 spiro atoms. The number of benzene rings is 1. The monoisotopic (exact) mass is 217 g/mol. The molecule has 2 rings (SSSR count). The van der Waals surface area contributed by atoms with Gasteiger partial charge < -0.3 is 9.67 Å². The Labute approximate surface area is 94.3 Å². The maximum absolute atomic E-state index is 11.5. The van der Waals surface area contributed by atoms with Crippen LogP contribution < -0.4 is 0 Å². The van der Waals surface area contributed by atoms with Crippen LogP contribution in [0.1, 0.15) is 37.2 Å². The van der Waals surface area contributed by atoms with Crippen LogP contribution in [0.3, 0.4) is 0 Å². The topological polar surface area (TPSA) is 42.2 Å². The highest BCUT2D eigenvalue weighted by atomic mass is 16.3. The summed E-state index contributed by atoms with van der Waals surface area (Å²) in [6.45, 7) is 5.62. The van der Waals surface area contributed by atoms with E-state index >= 15 is 0 Å². The van der Waals surface area contributed by atoms with Gasteiger partial charge in [-0.15, -0.1) is 0 Å². The van der Waals surface area contributed by atoms with Crippen molar-refractivity contribution in [2.24, 2.45) is 0 Å². The molecule has 2 aromatic rings. The molecular weight excluding hydrogens is 202 g/mol. The van der Waals surface area contributed by atoms with E-state index in [1.807, 2.05) is 30.7 Å². The van der Waals surface area contributed by atoms with Gasteiger partial charge in [0.1, 0.15) is 5.75 Å². The van der Waals surface area contributed by atoms with Crippen molar-refractivity contribution in [2.75, 3.05) is 0 Å². The summed E-state index contributed by atoms with van der Waals surface area (Å²) in [7, 11) is 0. The quantitative estimate of drug-likeness (QED) is 0.785. The van der Waals surface area contributed by atoms with Crippen LogP contribution in [0.4, 0.5) is 0 Å². The molecule has 0 aliphatic heterocycles. The van der Waals surface area contributed by atoms with Crippen molar-refractivity contribution in [1.82, 2.24) is 4.57 Å². The Bertz CT molecular complexity index is 552. The Morgan fingerprint density at radius 1 is 1.38 bits per heavy atom. The first-order chi connectivity index (χ1) is 7.52. The van der Waals surface area contributed by atoms with E-state index in [4.69, 9.17) is 0 Å². The fourth-order valence-corrected chi connectivity index (χ4v) is 1.99. The van der Waals surface area contributed by atoms with E-state index < -0.39 is 0 Å². The Hall–Kier alpha value is -1.77. The Morgan fingerprint density at radius 2 is 2.06 bits per heavy atom. The van der Waals surface area contributed by atoms with E-state index in [0.717, 1.165) is 5.52 Å². The van der Waals surface area contributed by atoms with Crippen LogP contribution in [0.2, 0.25) is 0 Å². The first-order valence-electron chi connectivity index (χ1n) is 5.36. The van der Waals surface area contributed by atoms with Gasteiger partial charge in [-0.2, -0.15) is 0 Å². The van der Waals surface area contributed by atoms with Gasteiger partial charge in [-0.05, 0) is 32.9 Å². The van der Waals surface area contributed by atoms with E-state index in [9.17, 15) is 9.90 Å². The smallest absolute Gasteiger partial charge is 0.162 e. The Morgan fingerprint density at radius 3 is 2.62 bits per heavy atom. The van der Waals surface area contributed by atoms with Gasteiger partial charge in [0.2, 0.25) is 0 Å². The number of carbonyl (C=O) groups excluding carboxylic acids is 1. The molecule has 0 saturated heterocycles. The summed E-state index contributed by atoms with van der Waals surface area (Å²) < 4.78 is 2.01. The second-order valence-corrected chi connectivity index (χ2v) is 4.27. The summed E-state index contributed by atoms with van der Waals surface area (Å²) in [5.41, 5.74) is 1.49. The lowest BCUT2D eigenvalue weighted by molar-refractivity contribution is 0.101. The summed E-state index contributed by atoms with van der Waals surface area (Å²) in [5, 5.41) is 10.5. The first-order valence-corrected chi connectivity index (χ1v) is 5.36. The van der Waals surface area contributed by atoms with Gasteiger partial charge in [-0.25, -0.2) is 0 Å². The summed E-state index contributed by atoms with van der Waals surface area (Å²) >= 11 is 0. The summed E-state index contributed by atoms with van der Waals surface area (Å²) in [6.07, 6.45) is 1.82. The van der Waals surface area contributed by atoms with E-state index in [1.165, 1.54) is 6.92 Å². The van der Waals surface area contributed by atoms with Gasteiger partial charge in [0.05, 0.1) is 10.9 Å². The van der Waals surface area contributed by atoms with Crippen molar-refractivity contribution in [3.8, 4) is 5.75 Å². The average molecular weight is 217 g/mol. The van der Waals surface area contributed by atoms with Gasteiger partial charge in [-0.1, -0.05) is 6.07 Å². The number of ketones is 1. The average Bonchev–Trinajstić information content (AvgIpc) is 2.58. The number of aromatic nitrogens is 1. The normalized spacial score (nSPS) is 11.2. The first kappa shape index (κ1) is 10.7. The molecule has 0 bridgehead atoms. The predicted octanol–water partition coefficient (Wildman–Crippen LogP) is 3.13. The van der Waals surface area contributed by atoms with Crippen LogP contribution in [-0.2, 0) is 0 Å². The molecule has 0 unspecified atom stereocenters. The van der Waals surface area contributed by atoms with Crippen molar-refractivity contribution < 1.29 is 9.90 Å². The molecule has 0 aliphatic rings. The number of phenolic OH excluding ortho intramolecular Hbond substituents is 1. The fraction of sp³-hybridized carbons (Fsp3) is 0.308. The number of carbonyl (C=O) groups is 1. The highest BCUT2D eigenvalue weighted by Crippen LogP contribution is 2.31. The van der Waals surface area contributed by atoms with Gasteiger partial charge >= 0.3 is 0 Å². The van der Waals surface area contributed by atoms with E-state index in [1.54, 1.807) is 12.1 Å². The lowest BCUT2D eigenvalue weighted by Gasteiger charge is -2.08. The van der Waals surface area contributed by atoms with Crippen molar-refractivity contribution in [1.29, 1.82) is 0 Å². The molecule has 0 radical (unpaired) electrons. The zero-order valence-electron chi connectivity index (χ0n) is 9.69. The molecular formula is C13H15NO2. The van der Waals surface area contributed by atoms with Crippen molar-refractivity contribution in [3.05, 3.63) is 30.0 Å². The molecule has 1 aromatic heterocycles. The summed E-state index contributed by atoms with van der Waals surface area (Å²) in [4.78, 5) is 11.5. The minimum absolute atomic E-state index is 0.0223. The number of Topliss-reactive ketones (excluding diaryl/α,β-unsaturated/α-hetero) is 1. The summed E-state index contributed by atoms with van der Waals surface area (Å²) in [5.74, 6) is 0.146. The standard InChI is InChI=1S/C13H15NO2/c1-8(2)14-7-10(9(3)15)13-11(14)5-4-6-12(13)16/h4-8,16H,1-3H3. The highest BCUT2D eigenvalue weighted by molar-refractivity contribution is 6.09. The van der Waals surface area contributed by atoms with Crippen LogP contribution in [0.15, 0.2) is 24.4 Å². The largest absolute Gasteiger partial charge is 0.507 e. The number of nitrogens with zero attached hydrogens (tertiary/aromatic N) is 1. The van der Waals surface area contributed by atoms with Crippen LogP contribution in [-0.4, -0.2) is 15.5 Å². The van der Waals surface area contributed by atoms with Crippen molar-refractivity contribution in [2.45, 2.75) is 26.8 Å². The molecule has 0 fully saturated rings. The number of fused-ring (bicyclic) bond motifs is 1. The lowest BCUT2D eigenvalue weighted by atomic mass is 10.1. The minimum Gasteiger partial charge on any atom is -0.507 e. The molecule has 3 heteroatoms. The third-order valence-electron chi connectivity index (χ3n) is 2.77. The Kier molecular flexibility index (Phi) is 2.46. The molecule has 16 heavy (non-hydrogen) atoms. The lowest BCUT2D eigenvalue weighted by Crippen LogP contribution is -1.98. The second-order valence-electron chi connectivity index (χ2n) is 4.27. The molecule has 0 amide bonds. The number of hydrogen-bond acceptors (Lipinski definition) is 2. The molecule has 1 aromatic carbocycles. The third-order valence-corrected chi connectivity index (χ3v) is 2.77. The Balaban J connectivity index is 2.87. The zero-order valence-corrected chi connectivity index (χ0v) is 9.69. The van der Waals surface area contributed by atoms with Crippen LogP contribution in [0, 0.1) is 0 Å². The van der Waals surface area contributed by atoms with Gasteiger partial charge in [-0.3, -0.25) is 4.79 Å². The van der Waals surface area contributed by atoms with Gasteiger partial charge in [0.25, 0.3) is 0 Å². The van der Waals surface area contributed by atoms with E-state index in [-0.39, 0.29) is 17.6 Å². The maximum Gasteiger partial charge on any atom is 0.162 e. The predicted molar refractivity (Wildman–Crippen MR) is 64.0 cm³/mol. The molecule has 84 valence electrons. The maximum atomic E-state index is 11.5. The SMILES string of the molecule is CC(=O)c1cn(C(C)C)c2cccc(O)c12. The molecule has 0 saturated carbocycles. The number of aromatic hydroxyl groups is 1. The zero-order chi connectivity index (χ0) is 11.9. The van der Waals surface area contributed by atoms with E-state index in [0.29, 0.717) is 10.9 Å². The minimum atomic E-state index is -0.0223. The van der Waals surface area contributed by atoms with Gasteiger partial charge in [0, 0.05) is 17.8 Å². The fourth-order valence-electron chi connectivity index (χ4n) is 1.99. The highest BCUT2D eigenvalue weighted by Gasteiger charge is 2.15. The molecule has 0 atom stereocenters.